The maximum Gasteiger partial charge on any atom is 0.319 e. The quantitative estimate of drug-likeness (QED) is 0.425. The van der Waals surface area contributed by atoms with E-state index in [1.165, 1.54) is 11.8 Å². The maximum absolute atomic E-state index is 13.4. The molecular weight excluding hydrogens is 294 g/mol. The number of carbonyl (C=O) groups is 1. The predicted octanol–water partition coefficient (Wildman–Crippen LogP) is 5.30. The Kier molecular flexibility index (Phi) is 8.83. The van der Waals surface area contributed by atoms with Crippen LogP contribution in [0, 0.1) is 5.92 Å². The van der Waals surface area contributed by atoms with E-state index in [0.29, 0.717) is 18.6 Å². The smallest absolute Gasteiger partial charge is 0.319 e. The molecule has 0 N–H and O–H groups in total. The van der Waals surface area contributed by atoms with E-state index in [9.17, 15) is 13.6 Å². The third kappa shape index (κ3) is 10.1. The van der Waals surface area contributed by atoms with E-state index in [0.717, 1.165) is 0 Å². The van der Waals surface area contributed by atoms with Crippen molar-refractivity contribution in [2.75, 3.05) is 5.75 Å². The molecule has 21 heavy (non-hydrogen) atoms. The Hall–Kier alpha value is -0.320. The summed E-state index contributed by atoms with van der Waals surface area (Å²) < 4.78 is 32.2. The van der Waals surface area contributed by atoms with Crippen LogP contribution in [-0.4, -0.2) is 28.5 Å². The molecule has 0 aromatic carbocycles. The van der Waals surface area contributed by atoms with E-state index in [1.807, 2.05) is 34.6 Å². The van der Waals surface area contributed by atoms with Crippen molar-refractivity contribution in [2.24, 2.45) is 5.92 Å². The fraction of sp³-hybridized carbons (Fsp3) is 0.938. The number of halogens is 2. The highest BCUT2D eigenvalue weighted by Crippen LogP contribution is 2.29. The summed E-state index contributed by atoms with van der Waals surface area (Å²) in [5.41, 5.74) is -0.515. The standard InChI is InChI=1S/C16H30F2O2S/c1-7-9-16(17,18)10-8-11-21-13(12(2)3)14(19)20-15(4,5)6/h12-13H,7-11H2,1-6H3. The summed E-state index contributed by atoms with van der Waals surface area (Å²) in [5.74, 6) is -2.14. The molecule has 0 bridgehead atoms. The second kappa shape index (κ2) is 8.96. The molecule has 0 aromatic heterocycles. The van der Waals surface area contributed by atoms with Gasteiger partial charge >= 0.3 is 5.97 Å². The Balaban J connectivity index is 4.26. The van der Waals surface area contributed by atoms with E-state index in [-0.39, 0.29) is 30.0 Å². The lowest BCUT2D eigenvalue weighted by molar-refractivity contribution is -0.154. The van der Waals surface area contributed by atoms with Crippen molar-refractivity contribution >= 4 is 17.7 Å². The van der Waals surface area contributed by atoms with E-state index in [1.54, 1.807) is 6.92 Å². The Labute approximate surface area is 132 Å². The van der Waals surface area contributed by atoms with Crippen molar-refractivity contribution in [2.45, 2.75) is 84.0 Å². The molecule has 126 valence electrons. The number of esters is 1. The normalized spacial score (nSPS) is 14.3. The molecule has 0 rings (SSSR count). The van der Waals surface area contributed by atoms with Gasteiger partial charge in [-0.1, -0.05) is 27.2 Å². The van der Waals surface area contributed by atoms with Gasteiger partial charge in [0.15, 0.2) is 0 Å². The van der Waals surface area contributed by atoms with Gasteiger partial charge in [-0.2, -0.15) is 0 Å². The van der Waals surface area contributed by atoms with Gasteiger partial charge in [0.05, 0.1) is 0 Å². The average molecular weight is 324 g/mol. The summed E-state index contributed by atoms with van der Waals surface area (Å²) in [7, 11) is 0. The first kappa shape index (κ1) is 20.7. The highest BCUT2D eigenvalue weighted by Gasteiger charge is 2.29. The summed E-state index contributed by atoms with van der Waals surface area (Å²) in [6, 6.07) is 0. The third-order valence-electron chi connectivity index (χ3n) is 2.84. The molecule has 0 aromatic rings. The van der Waals surface area contributed by atoms with Crippen molar-refractivity contribution in [1.29, 1.82) is 0 Å². The number of hydrogen-bond donors (Lipinski definition) is 0. The number of thioether (sulfide) groups is 1. The van der Waals surface area contributed by atoms with Gasteiger partial charge in [-0.15, -0.1) is 11.8 Å². The highest BCUT2D eigenvalue weighted by atomic mass is 32.2. The molecule has 0 spiro atoms. The van der Waals surface area contributed by atoms with Crippen LogP contribution in [0.4, 0.5) is 8.78 Å². The summed E-state index contributed by atoms with van der Waals surface area (Å²) in [6.07, 6.45) is 0.751. The van der Waals surface area contributed by atoms with Gasteiger partial charge in [0.25, 0.3) is 0 Å². The van der Waals surface area contributed by atoms with E-state index >= 15 is 0 Å². The molecule has 2 nitrogen and oxygen atoms in total. The first-order chi connectivity index (χ1) is 9.48. The van der Waals surface area contributed by atoms with Crippen molar-refractivity contribution < 1.29 is 18.3 Å². The van der Waals surface area contributed by atoms with E-state index < -0.39 is 11.5 Å². The van der Waals surface area contributed by atoms with Crippen LogP contribution in [0.1, 0.15) is 67.2 Å². The monoisotopic (exact) mass is 324 g/mol. The van der Waals surface area contributed by atoms with E-state index in [4.69, 9.17) is 4.74 Å². The minimum Gasteiger partial charge on any atom is -0.459 e. The van der Waals surface area contributed by atoms with Crippen LogP contribution >= 0.6 is 11.8 Å². The molecule has 0 radical (unpaired) electrons. The second-order valence-corrected chi connectivity index (χ2v) is 8.03. The van der Waals surface area contributed by atoms with Crippen LogP contribution in [-0.2, 0) is 9.53 Å². The summed E-state index contributed by atoms with van der Waals surface area (Å²) in [5, 5.41) is -0.288. The molecule has 0 heterocycles. The molecular formula is C16H30F2O2S. The van der Waals surface area contributed by atoms with Crippen LogP contribution in [0.3, 0.4) is 0 Å². The molecule has 0 aliphatic rings. The first-order valence-electron chi connectivity index (χ1n) is 7.71. The van der Waals surface area contributed by atoms with Gasteiger partial charge in [-0.05, 0) is 38.9 Å². The molecule has 0 amide bonds. The molecule has 1 unspecified atom stereocenters. The van der Waals surface area contributed by atoms with Gasteiger partial charge < -0.3 is 4.74 Å². The lowest BCUT2D eigenvalue weighted by Crippen LogP contribution is -2.33. The molecule has 0 fully saturated rings. The lowest BCUT2D eigenvalue weighted by atomic mass is 10.1. The molecule has 5 heteroatoms. The molecule has 0 saturated heterocycles. The third-order valence-corrected chi connectivity index (χ3v) is 4.46. The van der Waals surface area contributed by atoms with Gasteiger partial charge in [0.1, 0.15) is 10.9 Å². The number of rotatable bonds is 9. The van der Waals surface area contributed by atoms with Crippen molar-refractivity contribution in [1.82, 2.24) is 0 Å². The van der Waals surface area contributed by atoms with Crippen molar-refractivity contribution in [3.8, 4) is 0 Å². The SMILES string of the molecule is CCCC(F)(F)CCCSC(C(=O)OC(C)(C)C)C(C)C. The van der Waals surface area contributed by atoms with Crippen LogP contribution in [0.5, 0.6) is 0 Å². The summed E-state index contributed by atoms with van der Waals surface area (Å²) >= 11 is 1.43. The Bertz CT molecular complexity index is 312. The minimum atomic E-state index is -2.57. The van der Waals surface area contributed by atoms with Crippen LogP contribution in [0.25, 0.3) is 0 Å². The van der Waals surface area contributed by atoms with Gasteiger partial charge in [0, 0.05) is 12.8 Å². The largest absolute Gasteiger partial charge is 0.459 e. The number of hydrogen-bond acceptors (Lipinski definition) is 3. The second-order valence-electron chi connectivity index (χ2n) is 6.78. The fourth-order valence-corrected chi connectivity index (χ4v) is 3.06. The average Bonchev–Trinajstić information content (AvgIpc) is 2.25. The van der Waals surface area contributed by atoms with Crippen molar-refractivity contribution in [3.63, 3.8) is 0 Å². The number of carbonyl (C=O) groups excluding carboxylic acids is 1. The molecule has 0 saturated carbocycles. The zero-order valence-electron chi connectivity index (χ0n) is 14.2. The molecule has 1 atom stereocenters. The summed E-state index contributed by atoms with van der Waals surface area (Å²) in [6.45, 7) is 11.2. The van der Waals surface area contributed by atoms with E-state index in [2.05, 4.69) is 0 Å². The Morgan fingerprint density at radius 2 is 1.76 bits per heavy atom. The molecule has 0 aliphatic heterocycles. The lowest BCUT2D eigenvalue weighted by Gasteiger charge is -2.25. The fourth-order valence-electron chi connectivity index (χ4n) is 1.92. The van der Waals surface area contributed by atoms with Crippen molar-refractivity contribution in [3.05, 3.63) is 0 Å². The number of ether oxygens (including phenoxy) is 1. The minimum absolute atomic E-state index is 0.0582. The van der Waals surface area contributed by atoms with Crippen LogP contribution in [0.15, 0.2) is 0 Å². The van der Waals surface area contributed by atoms with Gasteiger partial charge in [-0.25, -0.2) is 8.78 Å². The predicted molar refractivity (Wildman–Crippen MR) is 86.0 cm³/mol. The van der Waals surface area contributed by atoms with Gasteiger partial charge in [0.2, 0.25) is 5.92 Å². The Morgan fingerprint density at radius 1 is 1.19 bits per heavy atom. The first-order valence-corrected chi connectivity index (χ1v) is 8.75. The zero-order chi connectivity index (χ0) is 16.7. The topological polar surface area (TPSA) is 26.3 Å². The number of alkyl halides is 2. The van der Waals surface area contributed by atoms with Crippen LogP contribution in [0.2, 0.25) is 0 Å². The molecule has 0 aliphatic carbocycles. The maximum atomic E-state index is 13.4. The van der Waals surface area contributed by atoms with Gasteiger partial charge in [-0.3, -0.25) is 4.79 Å². The zero-order valence-corrected chi connectivity index (χ0v) is 15.0. The summed E-state index contributed by atoms with van der Waals surface area (Å²) in [4.78, 5) is 12.1. The Morgan fingerprint density at radius 3 is 2.19 bits per heavy atom. The highest BCUT2D eigenvalue weighted by molar-refractivity contribution is 8.00. The van der Waals surface area contributed by atoms with Crippen LogP contribution < -0.4 is 0 Å².